The fourth-order valence-corrected chi connectivity index (χ4v) is 3.85. The molecule has 8 nitrogen and oxygen atoms in total. The molecule has 1 fully saturated rings. The van der Waals surface area contributed by atoms with Gasteiger partial charge in [-0.3, -0.25) is 9.47 Å². The molecule has 1 saturated heterocycles. The van der Waals surface area contributed by atoms with Gasteiger partial charge in [0.1, 0.15) is 12.1 Å². The Kier molecular flexibility index (Phi) is 6.76. The van der Waals surface area contributed by atoms with Gasteiger partial charge in [0.15, 0.2) is 5.65 Å². The van der Waals surface area contributed by atoms with E-state index in [1.165, 1.54) is 44.3 Å². The predicted octanol–water partition coefficient (Wildman–Crippen LogP) is 2.57. The van der Waals surface area contributed by atoms with E-state index in [9.17, 15) is 4.79 Å². The maximum absolute atomic E-state index is 12.4. The van der Waals surface area contributed by atoms with Crippen molar-refractivity contribution in [2.75, 3.05) is 33.4 Å². The van der Waals surface area contributed by atoms with E-state index >= 15 is 0 Å². The van der Waals surface area contributed by atoms with Crippen molar-refractivity contribution >= 4 is 11.2 Å². The Bertz CT molecular complexity index is 1000. The first kappa shape index (κ1) is 20.6. The summed E-state index contributed by atoms with van der Waals surface area (Å²) in [7, 11) is 1.61. The second kappa shape index (κ2) is 9.86. The number of aromatic nitrogens is 4. The van der Waals surface area contributed by atoms with E-state index in [1.54, 1.807) is 17.9 Å². The quantitative estimate of drug-likeness (QED) is 0.574. The van der Waals surface area contributed by atoms with E-state index in [2.05, 4.69) is 44.1 Å². The van der Waals surface area contributed by atoms with Gasteiger partial charge in [-0.15, -0.1) is 0 Å². The summed E-state index contributed by atoms with van der Waals surface area (Å²) in [6.07, 6.45) is 6.85. The maximum atomic E-state index is 12.4. The van der Waals surface area contributed by atoms with Crippen molar-refractivity contribution in [1.29, 1.82) is 0 Å². The number of methoxy groups -OCH3 is 1. The highest BCUT2D eigenvalue weighted by molar-refractivity contribution is 5.69. The van der Waals surface area contributed by atoms with E-state index in [-0.39, 0.29) is 11.7 Å². The van der Waals surface area contributed by atoms with Crippen LogP contribution < -0.4 is 10.4 Å². The molecule has 0 amide bonds. The summed E-state index contributed by atoms with van der Waals surface area (Å²) in [6.45, 7) is 4.60. The number of likely N-dealkylation sites (tertiary alicyclic amines) is 1. The number of hydrogen-bond donors (Lipinski definition) is 1. The Morgan fingerprint density at radius 1 is 1.00 bits per heavy atom. The Labute approximate surface area is 175 Å². The molecule has 0 radical (unpaired) electrons. The van der Waals surface area contributed by atoms with Crippen molar-refractivity contribution in [2.24, 2.45) is 0 Å². The van der Waals surface area contributed by atoms with Crippen molar-refractivity contribution < 1.29 is 9.47 Å². The number of nitrogens with zero attached hydrogens (tertiary/aromatic N) is 4. The average molecular weight is 412 g/mol. The zero-order chi connectivity index (χ0) is 20.8. The minimum absolute atomic E-state index is 0.206. The Hall–Kier alpha value is -2.71. The Morgan fingerprint density at radius 2 is 1.70 bits per heavy atom. The molecule has 0 atom stereocenters. The lowest BCUT2D eigenvalue weighted by atomic mass is 10.1. The molecule has 3 heterocycles. The van der Waals surface area contributed by atoms with Gasteiger partial charge in [-0.1, -0.05) is 37.1 Å². The second-order valence-electron chi connectivity index (χ2n) is 7.75. The number of imidazole rings is 1. The van der Waals surface area contributed by atoms with Crippen LogP contribution in [0.2, 0.25) is 0 Å². The molecule has 3 aromatic rings. The van der Waals surface area contributed by atoms with Crippen LogP contribution in [-0.2, 0) is 17.8 Å². The smallest absolute Gasteiger partial charge is 0.328 e. The van der Waals surface area contributed by atoms with Crippen LogP contribution in [0, 0.1) is 0 Å². The fraction of sp³-hybridized carbons (Fsp3) is 0.500. The lowest BCUT2D eigenvalue weighted by molar-refractivity contribution is 0.141. The molecule has 4 rings (SSSR count). The van der Waals surface area contributed by atoms with Gasteiger partial charge in [-0.05, 0) is 37.1 Å². The molecule has 0 unspecified atom stereocenters. The first-order valence-electron chi connectivity index (χ1n) is 10.6. The highest BCUT2D eigenvalue weighted by Crippen LogP contribution is 2.16. The van der Waals surface area contributed by atoms with E-state index in [1.807, 2.05) is 0 Å². The zero-order valence-electron chi connectivity index (χ0n) is 17.5. The summed E-state index contributed by atoms with van der Waals surface area (Å²) in [5, 5.41) is 0. The van der Waals surface area contributed by atoms with Crippen molar-refractivity contribution in [3.05, 3.63) is 52.1 Å². The van der Waals surface area contributed by atoms with Crippen molar-refractivity contribution in [1.82, 2.24) is 24.4 Å². The maximum Gasteiger partial charge on any atom is 0.328 e. The number of H-pyrrole nitrogens is 1. The van der Waals surface area contributed by atoms with Crippen LogP contribution in [0.25, 0.3) is 11.2 Å². The minimum Gasteiger partial charge on any atom is -0.461 e. The van der Waals surface area contributed by atoms with Gasteiger partial charge in [-0.2, -0.15) is 4.98 Å². The van der Waals surface area contributed by atoms with Crippen molar-refractivity contribution in [3.8, 4) is 6.01 Å². The van der Waals surface area contributed by atoms with Crippen LogP contribution in [0.1, 0.15) is 36.8 Å². The zero-order valence-corrected chi connectivity index (χ0v) is 17.5. The SMILES string of the molecule is COCCOc1ncc2[nH]c(=O)n(Cc3ccc(CN4CCCCCC4)cc3)c2n1. The van der Waals surface area contributed by atoms with Crippen molar-refractivity contribution in [2.45, 2.75) is 38.8 Å². The number of nitrogens with one attached hydrogen (secondary N) is 1. The summed E-state index contributed by atoms with van der Waals surface area (Å²) in [5.74, 6) is 0. The third kappa shape index (κ3) is 5.06. The summed E-state index contributed by atoms with van der Waals surface area (Å²) in [4.78, 5) is 26.3. The number of rotatable bonds is 8. The highest BCUT2D eigenvalue weighted by atomic mass is 16.5. The summed E-state index contributed by atoms with van der Waals surface area (Å²) in [5.41, 5.74) is 3.29. The van der Waals surface area contributed by atoms with Gasteiger partial charge in [0.05, 0.1) is 19.3 Å². The minimum atomic E-state index is -0.206. The molecular weight excluding hydrogens is 382 g/mol. The number of aromatic amines is 1. The van der Waals surface area contributed by atoms with Crippen LogP contribution in [0.4, 0.5) is 0 Å². The number of fused-ring (bicyclic) bond motifs is 1. The largest absolute Gasteiger partial charge is 0.461 e. The van der Waals surface area contributed by atoms with Crippen LogP contribution >= 0.6 is 0 Å². The monoisotopic (exact) mass is 411 g/mol. The Morgan fingerprint density at radius 3 is 2.40 bits per heavy atom. The van der Waals surface area contributed by atoms with Crippen LogP contribution in [0.3, 0.4) is 0 Å². The fourth-order valence-electron chi connectivity index (χ4n) is 3.85. The summed E-state index contributed by atoms with van der Waals surface area (Å²) < 4.78 is 12.1. The predicted molar refractivity (Wildman–Crippen MR) is 115 cm³/mol. The van der Waals surface area contributed by atoms with Gasteiger partial charge in [0.2, 0.25) is 0 Å². The average Bonchev–Trinajstić information content (AvgIpc) is 2.91. The number of ether oxygens (including phenoxy) is 2. The highest BCUT2D eigenvalue weighted by Gasteiger charge is 2.12. The molecule has 1 N–H and O–H groups in total. The van der Waals surface area contributed by atoms with Crippen molar-refractivity contribution in [3.63, 3.8) is 0 Å². The van der Waals surface area contributed by atoms with Crippen LogP contribution in [-0.4, -0.2) is 57.8 Å². The lowest BCUT2D eigenvalue weighted by Crippen LogP contribution is -2.24. The number of hydrogen-bond acceptors (Lipinski definition) is 6. The topological polar surface area (TPSA) is 85.3 Å². The molecule has 160 valence electrons. The van der Waals surface area contributed by atoms with Gasteiger partial charge in [-0.25, -0.2) is 9.78 Å². The molecule has 2 aromatic heterocycles. The molecule has 1 aliphatic heterocycles. The van der Waals surface area contributed by atoms with E-state index in [0.29, 0.717) is 30.9 Å². The number of benzene rings is 1. The molecule has 1 aromatic carbocycles. The normalized spacial score (nSPS) is 15.4. The van der Waals surface area contributed by atoms with E-state index in [0.717, 1.165) is 12.1 Å². The lowest BCUT2D eigenvalue weighted by Gasteiger charge is -2.19. The molecule has 0 bridgehead atoms. The second-order valence-corrected chi connectivity index (χ2v) is 7.75. The molecule has 0 aliphatic carbocycles. The van der Waals surface area contributed by atoms with Crippen LogP contribution in [0.15, 0.2) is 35.3 Å². The van der Waals surface area contributed by atoms with Gasteiger partial charge >= 0.3 is 11.7 Å². The molecule has 0 saturated carbocycles. The van der Waals surface area contributed by atoms with Crippen LogP contribution in [0.5, 0.6) is 6.01 Å². The Balaban J connectivity index is 1.47. The van der Waals surface area contributed by atoms with Gasteiger partial charge < -0.3 is 14.5 Å². The molecule has 0 spiro atoms. The van der Waals surface area contributed by atoms with Gasteiger partial charge in [0, 0.05) is 13.7 Å². The summed E-state index contributed by atoms with van der Waals surface area (Å²) in [6, 6.07) is 8.74. The molecule has 8 heteroatoms. The summed E-state index contributed by atoms with van der Waals surface area (Å²) >= 11 is 0. The first-order chi connectivity index (χ1) is 14.7. The van der Waals surface area contributed by atoms with Gasteiger partial charge in [0.25, 0.3) is 0 Å². The molecular formula is C22H29N5O3. The first-order valence-corrected chi connectivity index (χ1v) is 10.6. The third-order valence-corrected chi connectivity index (χ3v) is 5.48. The molecule has 1 aliphatic rings. The standard InChI is InChI=1S/C22H29N5O3/c1-29-12-13-30-21-23-14-19-20(25-21)27(22(28)24-19)16-18-8-6-17(7-9-18)15-26-10-4-2-3-5-11-26/h6-9,14H,2-5,10-13,15-16H2,1H3,(H,24,28). The van der Waals surface area contributed by atoms with E-state index < -0.39 is 0 Å². The van der Waals surface area contributed by atoms with E-state index in [4.69, 9.17) is 9.47 Å². The third-order valence-electron chi connectivity index (χ3n) is 5.48. The molecule has 30 heavy (non-hydrogen) atoms.